The molecule has 0 radical (unpaired) electrons. The minimum Gasteiger partial charge on any atom is -0.484 e. The van der Waals surface area contributed by atoms with Crippen LogP contribution in [0.1, 0.15) is 23.4 Å². The lowest BCUT2D eigenvalue weighted by atomic mass is 10.2. The number of nitrogens with zero attached hydrogens (tertiary/aromatic N) is 3. The first-order valence-corrected chi connectivity index (χ1v) is 7.50. The number of aryl methyl sites for hydroxylation is 2. The average Bonchev–Trinajstić information content (AvgIpc) is 2.99. The van der Waals surface area contributed by atoms with Crippen molar-refractivity contribution in [3.8, 4) is 5.75 Å². The smallest absolute Gasteiger partial charge is 0.260 e. The summed E-state index contributed by atoms with van der Waals surface area (Å²) in [5.41, 5.74) is 1.09. The van der Waals surface area contributed by atoms with Gasteiger partial charge in [-0.15, -0.1) is 10.2 Å². The van der Waals surface area contributed by atoms with Crippen LogP contribution in [0.15, 0.2) is 28.7 Å². The molecule has 7 nitrogen and oxygen atoms in total. The van der Waals surface area contributed by atoms with Gasteiger partial charge in [-0.25, -0.2) is 0 Å². The lowest BCUT2D eigenvalue weighted by Gasteiger charge is -2.31. The summed E-state index contributed by atoms with van der Waals surface area (Å²) >= 11 is 0. The van der Waals surface area contributed by atoms with Crippen molar-refractivity contribution >= 4 is 5.91 Å². The van der Waals surface area contributed by atoms with E-state index in [9.17, 15) is 4.79 Å². The fourth-order valence-electron chi connectivity index (χ4n) is 2.41. The van der Waals surface area contributed by atoms with Crippen LogP contribution in [0.2, 0.25) is 0 Å². The van der Waals surface area contributed by atoms with Gasteiger partial charge in [-0.05, 0) is 24.6 Å². The van der Waals surface area contributed by atoms with E-state index in [0.29, 0.717) is 37.2 Å². The van der Waals surface area contributed by atoms with Gasteiger partial charge in [0.15, 0.2) is 12.7 Å². The molecule has 0 saturated carbocycles. The molecule has 7 heteroatoms. The molecule has 0 aliphatic carbocycles. The molecule has 2 aromatic rings. The summed E-state index contributed by atoms with van der Waals surface area (Å²) in [6.45, 7) is 5.05. The molecule has 0 unspecified atom stereocenters. The maximum Gasteiger partial charge on any atom is 0.260 e. The highest BCUT2D eigenvalue weighted by molar-refractivity contribution is 5.77. The van der Waals surface area contributed by atoms with E-state index in [4.69, 9.17) is 13.9 Å². The first kappa shape index (κ1) is 15.5. The van der Waals surface area contributed by atoms with Crippen molar-refractivity contribution in [3.63, 3.8) is 0 Å². The molecular weight excluding hydrogens is 298 g/mol. The van der Waals surface area contributed by atoms with Gasteiger partial charge in [0.2, 0.25) is 11.8 Å². The Hall–Kier alpha value is -2.41. The highest BCUT2D eigenvalue weighted by Gasteiger charge is 2.29. The van der Waals surface area contributed by atoms with E-state index >= 15 is 0 Å². The molecular formula is C16H19N3O4. The van der Waals surface area contributed by atoms with Crippen molar-refractivity contribution in [2.45, 2.75) is 20.0 Å². The number of carbonyl (C=O) groups is 1. The summed E-state index contributed by atoms with van der Waals surface area (Å²) in [4.78, 5) is 14.0. The maximum atomic E-state index is 12.3. The number of hydrogen-bond donors (Lipinski definition) is 0. The summed E-state index contributed by atoms with van der Waals surface area (Å²) in [6.07, 6.45) is -0.382. The Labute approximate surface area is 134 Å². The number of rotatable bonds is 4. The standard InChI is InChI=1S/C16H19N3O4/c1-11-4-3-5-13(8-11)22-10-15(20)19-6-7-21-14(9-19)16-18-17-12(2)23-16/h3-5,8,14H,6-7,9-10H2,1-2H3/t14-/m1/s1. The van der Waals surface area contributed by atoms with Gasteiger partial charge >= 0.3 is 0 Å². The fraction of sp³-hybridized carbons (Fsp3) is 0.438. The molecule has 0 N–H and O–H groups in total. The zero-order valence-corrected chi connectivity index (χ0v) is 13.2. The second-order valence-corrected chi connectivity index (χ2v) is 5.46. The average molecular weight is 317 g/mol. The Morgan fingerprint density at radius 1 is 1.39 bits per heavy atom. The summed E-state index contributed by atoms with van der Waals surface area (Å²) in [5, 5.41) is 7.75. The van der Waals surface area contributed by atoms with E-state index in [-0.39, 0.29) is 18.6 Å². The number of aromatic nitrogens is 2. The number of morpholine rings is 1. The fourth-order valence-corrected chi connectivity index (χ4v) is 2.41. The largest absolute Gasteiger partial charge is 0.484 e. The molecule has 1 atom stereocenters. The molecule has 1 saturated heterocycles. The quantitative estimate of drug-likeness (QED) is 0.853. The number of amides is 1. The van der Waals surface area contributed by atoms with Crippen LogP contribution in [-0.4, -0.2) is 47.3 Å². The Morgan fingerprint density at radius 3 is 3.00 bits per heavy atom. The van der Waals surface area contributed by atoms with Gasteiger partial charge in [0.1, 0.15) is 5.75 Å². The Kier molecular flexibility index (Phi) is 4.57. The SMILES string of the molecule is Cc1cccc(OCC(=O)N2CCO[C@@H](c3nnc(C)o3)C2)c1. The summed E-state index contributed by atoms with van der Waals surface area (Å²) in [6, 6.07) is 7.62. The lowest BCUT2D eigenvalue weighted by Crippen LogP contribution is -2.44. The molecule has 1 aromatic carbocycles. The zero-order chi connectivity index (χ0) is 16.2. The van der Waals surface area contributed by atoms with E-state index in [1.165, 1.54) is 0 Å². The minimum atomic E-state index is -0.382. The van der Waals surface area contributed by atoms with Crippen molar-refractivity contribution in [1.29, 1.82) is 0 Å². The minimum absolute atomic E-state index is 0.000958. The summed E-state index contributed by atoms with van der Waals surface area (Å²) < 4.78 is 16.5. The van der Waals surface area contributed by atoms with E-state index in [0.717, 1.165) is 5.56 Å². The normalized spacial score (nSPS) is 18.0. The Balaban J connectivity index is 1.56. The first-order chi connectivity index (χ1) is 11.1. The molecule has 1 fully saturated rings. The van der Waals surface area contributed by atoms with E-state index in [1.54, 1.807) is 11.8 Å². The predicted octanol–water partition coefficient (Wildman–Crippen LogP) is 1.67. The van der Waals surface area contributed by atoms with Crippen molar-refractivity contribution in [2.24, 2.45) is 0 Å². The third kappa shape index (κ3) is 3.87. The molecule has 1 aromatic heterocycles. The molecule has 1 amide bonds. The van der Waals surface area contributed by atoms with Crippen LogP contribution < -0.4 is 4.74 Å². The predicted molar refractivity (Wildman–Crippen MR) is 81.0 cm³/mol. The number of carbonyl (C=O) groups excluding carboxylic acids is 1. The monoisotopic (exact) mass is 317 g/mol. The van der Waals surface area contributed by atoms with E-state index in [2.05, 4.69) is 10.2 Å². The van der Waals surface area contributed by atoms with Crippen molar-refractivity contribution < 1.29 is 18.7 Å². The van der Waals surface area contributed by atoms with Crippen molar-refractivity contribution in [1.82, 2.24) is 15.1 Å². The van der Waals surface area contributed by atoms with Gasteiger partial charge < -0.3 is 18.8 Å². The van der Waals surface area contributed by atoms with E-state index < -0.39 is 0 Å². The molecule has 3 rings (SSSR count). The van der Waals surface area contributed by atoms with Crippen LogP contribution >= 0.6 is 0 Å². The Morgan fingerprint density at radius 2 is 2.26 bits per heavy atom. The zero-order valence-electron chi connectivity index (χ0n) is 13.2. The third-order valence-electron chi connectivity index (χ3n) is 3.59. The number of ether oxygens (including phenoxy) is 2. The second-order valence-electron chi connectivity index (χ2n) is 5.46. The van der Waals surface area contributed by atoms with Gasteiger partial charge in [-0.1, -0.05) is 12.1 Å². The molecule has 2 heterocycles. The summed E-state index contributed by atoms with van der Waals surface area (Å²) in [5.74, 6) is 1.49. The van der Waals surface area contributed by atoms with Crippen LogP contribution in [0, 0.1) is 13.8 Å². The number of benzene rings is 1. The summed E-state index contributed by atoms with van der Waals surface area (Å²) in [7, 11) is 0. The third-order valence-corrected chi connectivity index (χ3v) is 3.59. The van der Waals surface area contributed by atoms with Gasteiger partial charge in [0, 0.05) is 13.5 Å². The molecule has 0 bridgehead atoms. The van der Waals surface area contributed by atoms with Crippen LogP contribution in [0.4, 0.5) is 0 Å². The van der Waals surface area contributed by atoms with Crippen molar-refractivity contribution in [2.75, 3.05) is 26.3 Å². The van der Waals surface area contributed by atoms with Crippen LogP contribution in [0.5, 0.6) is 5.75 Å². The molecule has 0 spiro atoms. The molecule has 1 aliphatic rings. The molecule has 122 valence electrons. The van der Waals surface area contributed by atoms with Crippen LogP contribution in [0.25, 0.3) is 0 Å². The first-order valence-electron chi connectivity index (χ1n) is 7.50. The van der Waals surface area contributed by atoms with Gasteiger partial charge in [-0.3, -0.25) is 4.79 Å². The van der Waals surface area contributed by atoms with E-state index in [1.807, 2.05) is 31.2 Å². The molecule has 1 aliphatic heterocycles. The lowest BCUT2D eigenvalue weighted by molar-refractivity contribution is -0.142. The highest BCUT2D eigenvalue weighted by atomic mass is 16.5. The maximum absolute atomic E-state index is 12.3. The molecule has 23 heavy (non-hydrogen) atoms. The topological polar surface area (TPSA) is 77.7 Å². The van der Waals surface area contributed by atoms with Gasteiger partial charge in [-0.2, -0.15) is 0 Å². The van der Waals surface area contributed by atoms with Crippen LogP contribution in [0.3, 0.4) is 0 Å². The second kappa shape index (κ2) is 6.78. The Bertz CT molecular complexity index is 685. The van der Waals surface area contributed by atoms with Gasteiger partial charge in [0.05, 0.1) is 13.2 Å². The van der Waals surface area contributed by atoms with Crippen LogP contribution in [-0.2, 0) is 9.53 Å². The highest BCUT2D eigenvalue weighted by Crippen LogP contribution is 2.21. The van der Waals surface area contributed by atoms with Crippen molar-refractivity contribution in [3.05, 3.63) is 41.6 Å². The number of hydrogen-bond acceptors (Lipinski definition) is 6. The van der Waals surface area contributed by atoms with Gasteiger partial charge in [0.25, 0.3) is 5.91 Å².